The molecule has 1 heterocycles. The van der Waals surface area contributed by atoms with E-state index in [4.69, 9.17) is 8.84 Å². The molecular weight excluding hydrogens is 228 g/mol. The van der Waals surface area contributed by atoms with Crippen LogP contribution in [0.25, 0.3) is 11.0 Å². The molecule has 17 heavy (non-hydrogen) atoms. The van der Waals surface area contributed by atoms with Gasteiger partial charge in [-0.15, -0.1) is 0 Å². The van der Waals surface area contributed by atoms with Crippen LogP contribution in [0, 0.1) is 0 Å². The Labute approximate surface area is 104 Å². The molecule has 3 heteroatoms. The molecule has 92 valence electrons. The highest BCUT2D eigenvalue weighted by Gasteiger charge is 2.39. The summed E-state index contributed by atoms with van der Waals surface area (Å²) in [4.78, 5) is 0. The largest absolute Gasteiger partial charge is 0.519 e. The molecule has 1 aromatic carbocycles. The predicted octanol–water partition coefficient (Wildman–Crippen LogP) is 4.82. The van der Waals surface area contributed by atoms with E-state index >= 15 is 0 Å². The second kappa shape index (κ2) is 3.91. The van der Waals surface area contributed by atoms with Gasteiger partial charge in [0.05, 0.1) is 0 Å². The van der Waals surface area contributed by atoms with Gasteiger partial charge in [0.1, 0.15) is 5.58 Å². The fourth-order valence-corrected chi connectivity index (χ4v) is 2.32. The van der Waals surface area contributed by atoms with E-state index in [9.17, 15) is 0 Å². The van der Waals surface area contributed by atoms with Gasteiger partial charge in [0.25, 0.3) is 14.3 Å². The maximum atomic E-state index is 6.12. The fraction of sp³-hybridized carbons (Fsp3) is 0.429. The van der Waals surface area contributed by atoms with Crippen molar-refractivity contribution >= 4 is 19.3 Å². The van der Waals surface area contributed by atoms with Gasteiger partial charge in [0.15, 0.2) is 0 Å². The van der Waals surface area contributed by atoms with Gasteiger partial charge in [-0.25, -0.2) is 0 Å². The topological polar surface area (TPSA) is 22.4 Å². The molecule has 0 bridgehead atoms. The van der Waals surface area contributed by atoms with Crippen molar-refractivity contribution in [1.82, 2.24) is 0 Å². The molecule has 1 aromatic heterocycles. The minimum absolute atomic E-state index is 0.186. The van der Waals surface area contributed by atoms with E-state index in [-0.39, 0.29) is 5.04 Å². The Morgan fingerprint density at radius 3 is 2.35 bits per heavy atom. The molecular formula is C14H20O2Si. The van der Waals surface area contributed by atoms with Crippen LogP contribution in [0.5, 0.6) is 5.95 Å². The van der Waals surface area contributed by atoms with Crippen LogP contribution in [0.3, 0.4) is 0 Å². The van der Waals surface area contributed by atoms with Crippen LogP contribution in [0.15, 0.2) is 34.7 Å². The Balaban J connectivity index is 2.30. The van der Waals surface area contributed by atoms with Crippen molar-refractivity contribution in [2.24, 2.45) is 0 Å². The number of hydrogen-bond donors (Lipinski definition) is 0. The lowest BCUT2D eigenvalue weighted by Gasteiger charge is -2.35. The fourth-order valence-electron chi connectivity index (χ4n) is 1.41. The number of para-hydroxylation sites is 1. The molecule has 0 amide bonds. The average molecular weight is 248 g/mol. The summed E-state index contributed by atoms with van der Waals surface area (Å²) in [5.74, 6) is 0.651. The van der Waals surface area contributed by atoms with Gasteiger partial charge in [-0.3, -0.25) is 0 Å². The van der Waals surface area contributed by atoms with Crippen LogP contribution < -0.4 is 4.43 Å². The molecule has 2 nitrogen and oxygen atoms in total. The lowest BCUT2D eigenvalue weighted by atomic mass is 10.2. The van der Waals surface area contributed by atoms with Crippen LogP contribution in [0.4, 0.5) is 0 Å². The molecule has 0 saturated carbocycles. The lowest BCUT2D eigenvalue weighted by molar-refractivity contribution is 0.381. The van der Waals surface area contributed by atoms with Gasteiger partial charge < -0.3 is 8.84 Å². The zero-order chi connectivity index (χ0) is 12.7. The summed E-state index contributed by atoms with van der Waals surface area (Å²) in [6.07, 6.45) is 0. The Morgan fingerprint density at radius 2 is 1.76 bits per heavy atom. The number of rotatable bonds is 2. The zero-order valence-electron chi connectivity index (χ0n) is 11.2. The third-order valence-electron chi connectivity index (χ3n) is 3.56. The summed E-state index contributed by atoms with van der Waals surface area (Å²) < 4.78 is 11.8. The van der Waals surface area contributed by atoms with Gasteiger partial charge in [-0.05, 0) is 24.2 Å². The SMILES string of the molecule is CC(C)(C)[Si](C)(C)Oc1cc2ccccc2o1. The van der Waals surface area contributed by atoms with Crippen LogP contribution in [-0.2, 0) is 0 Å². The van der Waals surface area contributed by atoms with Gasteiger partial charge >= 0.3 is 0 Å². The summed E-state index contributed by atoms with van der Waals surface area (Å²) in [6.45, 7) is 11.1. The van der Waals surface area contributed by atoms with E-state index < -0.39 is 8.32 Å². The van der Waals surface area contributed by atoms with Crippen molar-refractivity contribution in [3.05, 3.63) is 30.3 Å². The minimum atomic E-state index is -1.80. The van der Waals surface area contributed by atoms with E-state index in [0.29, 0.717) is 5.95 Å². The normalized spacial score (nSPS) is 13.0. The second-order valence-electron chi connectivity index (χ2n) is 5.97. The molecule has 0 aliphatic carbocycles. The highest BCUT2D eigenvalue weighted by atomic mass is 28.4. The van der Waals surface area contributed by atoms with Crippen molar-refractivity contribution in [3.63, 3.8) is 0 Å². The summed E-state index contributed by atoms with van der Waals surface area (Å²) in [5, 5.41) is 1.28. The van der Waals surface area contributed by atoms with Crippen LogP contribution in [0.2, 0.25) is 18.1 Å². The standard InChI is InChI=1S/C14H20O2Si/c1-14(2,3)17(4,5)16-13-10-11-8-6-7-9-12(11)15-13/h6-10H,1-5H3. The molecule has 0 saturated heterocycles. The summed E-state index contributed by atoms with van der Waals surface area (Å²) in [5.41, 5.74) is 0.890. The van der Waals surface area contributed by atoms with E-state index in [1.807, 2.05) is 30.3 Å². The molecule has 0 N–H and O–H groups in total. The Morgan fingerprint density at radius 1 is 1.12 bits per heavy atom. The van der Waals surface area contributed by atoms with Crippen molar-refractivity contribution < 1.29 is 8.84 Å². The summed E-state index contributed by atoms with van der Waals surface area (Å²) >= 11 is 0. The maximum Gasteiger partial charge on any atom is 0.271 e. The molecule has 0 aliphatic rings. The predicted molar refractivity (Wildman–Crippen MR) is 74.0 cm³/mol. The number of fused-ring (bicyclic) bond motifs is 1. The van der Waals surface area contributed by atoms with Crippen LogP contribution in [0.1, 0.15) is 20.8 Å². The summed E-state index contributed by atoms with van der Waals surface area (Å²) in [7, 11) is -1.80. The monoisotopic (exact) mass is 248 g/mol. The molecule has 0 fully saturated rings. The Kier molecular flexibility index (Phi) is 2.82. The highest BCUT2D eigenvalue weighted by molar-refractivity contribution is 6.74. The van der Waals surface area contributed by atoms with Crippen molar-refractivity contribution in [2.45, 2.75) is 38.9 Å². The summed E-state index contributed by atoms with van der Waals surface area (Å²) in [6, 6.07) is 9.97. The van der Waals surface area contributed by atoms with Gasteiger partial charge in [-0.2, -0.15) is 0 Å². The second-order valence-corrected chi connectivity index (χ2v) is 10.7. The van der Waals surface area contributed by atoms with E-state index in [1.54, 1.807) is 0 Å². The first-order valence-corrected chi connectivity index (χ1v) is 8.88. The van der Waals surface area contributed by atoms with Crippen molar-refractivity contribution in [1.29, 1.82) is 0 Å². The smallest absolute Gasteiger partial charge is 0.271 e. The molecule has 0 aliphatic heterocycles. The van der Waals surface area contributed by atoms with Crippen molar-refractivity contribution in [3.8, 4) is 5.95 Å². The molecule has 0 atom stereocenters. The van der Waals surface area contributed by atoms with E-state index in [2.05, 4.69) is 33.9 Å². The van der Waals surface area contributed by atoms with E-state index in [0.717, 1.165) is 11.0 Å². The van der Waals surface area contributed by atoms with Gasteiger partial charge in [0, 0.05) is 11.5 Å². The first-order chi connectivity index (χ1) is 7.79. The maximum absolute atomic E-state index is 6.12. The Hall–Kier alpha value is -1.22. The van der Waals surface area contributed by atoms with Gasteiger partial charge in [0.2, 0.25) is 0 Å². The van der Waals surface area contributed by atoms with E-state index in [1.165, 1.54) is 0 Å². The highest BCUT2D eigenvalue weighted by Crippen LogP contribution is 2.38. The molecule has 2 aromatic rings. The molecule has 0 radical (unpaired) electrons. The Bertz CT molecular complexity index is 487. The molecule has 0 spiro atoms. The quantitative estimate of drug-likeness (QED) is 0.711. The minimum Gasteiger partial charge on any atom is -0.519 e. The number of hydrogen-bond acceptors (Lipinski definition) is 2. The van der Waals surface area contributed by atoms with Gasteiger partial charge in [-0.1, -0.05) is 39.0 Å². The third kappa shape index (κ3) is 2.39. The third-order valence-corrected chi connectivity index (χ3v) is 7.89. The van der Waals surface area contributed by atoms with Crippen LogP contribution in [-0.4, -0.2) is 8.32 Å². The number of furan rings is 1. The first kappa shape index (κ1) is 12.2. The molecule has 0 unspecified atom stereocenters. The van der Waals surface area contributed by atoms with Crippen molar-refractivity contribution in [2.75, 3.05) is 0 Å². The lowest BCUT2D eigenvalue weighted by Crippen LogP contribution is -2.43. The number of benzene rings is 1. The first-order valence-electron chi connectivity index (χ1n) is 5.97. The van der Waals surface area contributed by atoms with Crippen LogP contribution >= 0.6 is 0 Å². The zero-order valence-corrected chi connectivity index (χ0v) is 12.2. The average Bonchev–Trinajstić information content (AvgIpc) is 2.56. The molecule has 2 rings (SSSR count).